The molecule has 3 aliphatic heterocycles. The molecule has 0 amide bonds. The van der Waals surface area contributed by atoms with Gasteiger partial charge in [0.25, 0.3) is 0 Å². The Morgan fingerprint density at radius 2 is 2.00 bits per heavy atom. The topological polar surface area (TPSA) is 52.8 Å². The third-order valence-corrected chi connectivity index (χ3v) is 7.28. The zero-order valence-electron chi connectivity index (χ0n) is 19.3. The number of carboxylic acid groups (broad SMARTS) is 1. The molecule has 0 aliphatic carbocycles. The average Bonchev–Trinajstić information content (AvgIpc) is 3.00. The second-order valence-electron chi connectivity index (χ2n) is 9.31. The monoisotopic (exact) mass is 431 g/mol. The Bertz CT molecular complexity index is 1180. The second kappa shape index (κ2) is 7.51. The van der Waals surface area contributed by atoms with E-state index < -0.39 is 11.4 Å². The number of fused-ring (bicyclic) bond motifs is 5. The Morgan fingerprint density at radius 1 is 1.22 bits per heavy atom. The number of carbonyl (C=O) groups is 1. The molecule has 0 spiro atoms. The number of anilines is 1. The van der Waals surface area contributed by atoms with Gasteiger partial charge in [-0.05, 0) is 52.0 Å². The molecule has 1 N–H and O–H groups in total. The van der Waals surface area contributed by atoms with Crippen molar-refractivity contribution in [3.8, 4) is 5.75 Å². The third kappa shape index (κ3) is 3.06. The zero-order chi connectivity index (χ0) is 22.6. The van der Waals surface area contributed by atoms with E-state index in [0.29, 0.717) is 0 Å². The predicted molar refractivity (Wildman–Crippen MR) is 128 cm³/mol. The smallest absolute Gasteiger partial charge is 0.304 e. The van der Waals surface area contributed by atoms with Crippen LogP contribution in [-0.2, 0) is 10.2 Å². The first-order chi connectivity index (χ1) is 15.4. The van der Waals surface area contributed by atoms with Crippen molar-refractivity contribution in [3.63, 3.8) is 0 Å². The highest BCUT2D eigenvalue weighted by atomic mass is 16.5. The van der Waals surface area contributed by atoms with Gasteiger partial charge < -0.3 is 14.7 Å². The Labute approximate surface area is 189 Å². The molecule has 2 aromatic carbocycles. The lowest BCUT2D eigenvalue weighted by Crippen LogP contribution is -2.45. The first-order valence-corrected chi connectivity index (χ1v) is 11.6. The molecule has 3 heterocycles. The normalized spacial score (nSPS) is 22.9. The van der Waals surface area contributed by atoms with Crippen LogP contribution in [0.5, 0.6) is 5.75 Å². The highest BCUT2D eigenvalue weighted by Gasteiger charge is 2.55. The molecule has 32 heavy (non-hydrogen) atoms. The van der Waals surface area contributed by atoms with Gasteiger partial charge in [-0.3, -0.25) is 4.79 Å². The maximum Gasteiger partial charge on any atom is 0.304 e. The maximum absolute atomic E-state index is 12.0. The first kappa shape index (κ1) is 20.8. The van der Waals surface area contributed by atoms with Crippen molar-refractivity contribution < 1.29 is 19.2 Å². The number of hydrogen-bond acceptors (Lipinski definition) is 3. The van der Waals surface area contributed by atoms with E-state index in [2.05, 4.69) is 79.6 Å². The summed E-state index contributed by atoms with van der Waals surface area (Å²) in [5.41, 5.74) is 7.27. The van der Waals surface area contributed by atoms with Crippen molar-refractivity contribution in [1.82, 2.24) is 0 Å². The summed E-state index contributed by atoms with van der Waals surface area (Å²) in [6, 6.07) is 12.9. The van der Waals surface area contributed by atoms with E-state index >= 15 is 0 Å². The third-order valence-electron chi connectivity index (χ3n) is 7.28. The molecular weight excluding hydrogens is 400 g/mol. The Morgan fingerprint density at radius 3 is 2.72 bits per heavy atom. The molecule has 2 atom stereocenters. The molecule has 0 saturated carbocycles. The Kier molecular flexibility index (Phi) is 4.88. The predicted octanol–water partition coefficient (Wildman–Crippen LogP) is 4.92. The van der Waals surface area contributed by atoms with Crippen LogP contribution in [0.2, 0.25) is 0 Å². The van der Waals surface area contributed by atoms with Crippen LogP contribution in [0.1, 0.15) is 50.3 Å². The molecule has 5 rings (SSSR count). The molecule has 5 heteroatoms. The number of aliphatic carboxylic acids is 1. The molecule has 2 aromatic rings. The highest BCUT2D eigenvalue weighted by molar-refractivity contribution is 6.12. The average molecular weight is 432 g/mol. The molecule has 0 bridgehead atoms. The van der Waals surface area contributed by atoms with E-state index in [-0.39, 0.29) is 12.5 Å². The summed E-state index contributed by atoms with van der Waals surface area (Å²) in [5.74, 6) is 0.140. The van der Waals surface area contributed by atoms with Crippen LogP contribution in [-0.4, -0.2) is 47.1 Å². The minimum Gasteiger partial charge on any atom is -0.485 e. The van der Waals surface area contributed by atoms with Crippen LogP contribution in [0.15, 0.2) is 42.0 Å². The quantitative estimate of drug-likeness (QED) is 0.683. The molecule has 0 aromatic heterocycles. The molecule has 5 nitrogen and oxygen atoms in total. The Hall–Kier alpha value is -3.08. The van der Waals surface area contributed by atoms with Gasteiger partial charge in [-0.1, -0.05) is 11.6 Å². The summed E-state index contributed by atoms with van der Waals surface area (Å²) < 4.78 is 8.89. The van der Waals surface area contributed by atoms with Gasteiger partial charge in [0.1, 0.15) is 11.9 Å². The molecule has 0 fully saturated rings. The van der Waals surface area contributed by atoms with Gasteiger partial charge >= 0.3 is 5.97 Å². The summed E-state index contributed by atoms with van der Waals surface area (Å²) >= 11 is 0. The van der Waals surface area contributed by atoms with Crippen molar-refractivity contribution in [1.29, 1.82) is 0 Å². The number of aryl methyl sites for hydroxylation is 1. The van der Waals surface area contributed by atoms with Gasteiger partial charge in [0, 0.05) is 48.5 Å². The number of nitrogens with zero attached hydrogens (tertiary/aromatic N) is 2. The molecule has 166 valence electrons. The standard InChI is InChI=1S/C27H30N2O3/c1-5-28(6-2)19-9-8-18-14-20-23(32-24(18)15-19)11-12-29-22-10-7-17(3)13-21(22)27(4,26(20)29)16-25(30)31/h7-10,13-15,23H,5-6,11-12,16H2,1-4H3/p+1. The van der Waals surface area contributed by atoms with Crippen LogP contribution in [0.25, 0.3) is 6.08 Å². The van der Waals surface area contributed by atoms with Crippen molar-refractivity contribution in [2.45, 2.75) is 52.1 Å². The van der Waals surface area contributed by atoms with Crippen molar-refractivity contribution in [2.75, 3.05) is 24.5 Å². The fraction of sp³-hybridized carbons (Fsp3) is 0.407. The summed E-state index contributed by atoms with van der Waals surface area (Å²) in [4.78, 5) is 14.3. The fourth-order valence-corrected chi connectivity index (χ4v) is 5.75. The summed E-state index contributed by atoms with van der Waals surface area (Å²) in [6.07, 6.45) is 3.12. The van der Waals surface area contributed by atoms with Gasteiger partial charge in [-0.2, -0.15) is 4.58 Å². The molecule has 0 saturated heterocycles. The van der Waals surface area contributed by atoms with Crippen molar-refractivity contribution in [3.05, 3.63) is 58.7 Å². The van der Waals surface area contributed by atoms with E-state index in [1.165, 1.54) is 5.69 Å². The lowest BCUT2D eigenvalue weighted by molar-refractivity contribution is -0.444. The highest BCUT2D eigenvalue weighted by Crippen LogP contribution is 2.49. The van der Waals surface area contributed by atoms with Gasteiger partial charge in [-0.25, -0.2) is 0 Å². The van der Waals surface area contributed by atoms with Crippen LogP contribution < -0.4 is 9.64 Å². The zero-order valence-corrected chi connectivity index (χ0v) is 19.3. The largest absolute Gasteiger partial charge is 0.485 e. The minimum absolute atomic E-state index is 0.0516. The van der Waals surface area contributed by atoms with Gasteiger partial charge in [0.2, 0.25) is 5.69 Å². The van der Waals surface area contributed by atoms with Crippen LogP contribution in [0.4, 0.5) is 11.4 Å². The van der Waals surface area contributed by atoms with Gasteiger partial charge in [-0.15, -0.1) is 0 Å². The van der Waals surface area contributed by atoms with Gasteiger partial charge in [0.15, 0.2) is 12.3 Å². The number of hydrogen-bond donors (Lipinski definition) is 1. The van der Waals surface area contributed by atoms with Crippen molar-refractivity contribution in [2.24, 2.45) is 0 Å². The van der Waals surface area contributed by atoms with E-state index in [0.717, 1.165) is 65.5 Å². The summed E-state index contributed by atoms with van der Waals surface area (Å²) in [5, 5.41) is 9.82. The summed E-state index contributed by atoms with van der Waals surface area (Å²) in [7, 11) is 0. The van der Waals surface area contributed by atoms with E-state index in [1.807, 2.05) is 0 Å². The lowest BCUT2D eigenvalue weighted by atomic mass is 9.72. The van der Waals surface area contributed by atoms with E-state index in [1.54, 1.807) is 0 Å². The molecule has 3 aliphatic rings. The number of carboxylic acids is 1. The van der Waals surface area contributed by atoms with Crippen LogP contribution >= 0.6 is 0 Å². The van der Waals surface area contributed by atoms with Crippen LogP contribution in [0, 0.1) is 6.92 Å². The Balaban J connectivity index is 1.65. The second-order valence-corrected chi connectivity index (χ2v) is 9.31. The molecule has 2 unspecified atom stereocenters. The first-order valence-electron chi connectivity index (χ1n) is 11.6. The van der Waals surface area contributed by atoms with E-state index in [4.69, 9.17) is 4.74 Å². The number of ether oxygens (including phenoxy) is 1. The number of benzene rings is 2. The SMILES string of the molecule is CCN(CC)c1ccc2c(c1)OC1CC[N+]3=C(C1=C2)C(C)(CC(=O)O)c1cc(C)ccc13. The summed E-state index contributed by atoms with van der Waals surface area (Å²) in [6.45, 7) is 11.2. The van der Waals surface area contributed by atoms with Crippen molar-refractivity contribution >= 4 is 29.1 Å². The van der Waals surface area contributed by atoms with Crippen LogP contribution in [0.3, 0.4) is 0 Å². The molecule has 0 radical (unpaired) electrons. The van der Waals surface area contributed by atoms with Gasteiger partial charge in [0.05, 0.1) is 17.4 Å². The molecular formula is C27H31N2O3+. The maximum atomic E-state index is 12.0. The minimum atomic E-state index is -0.780. The van der Waals surface area contributed by atoms with E-state index in [9.17, 15) is 9.90 Å². The number of rotatable bonds is 5. The lowest BCUT2D eigenvalue weighted by Gasteiger charge is -2.33. The fourth-order valence-electron chi connectivity index (χ4n) is 5.75.